The Morgan fingerprint density at radius 3 is 2.67 bits per heavy atom. The second-order valence-corrected chi connectivity index (χ2v) is 5.67. The van der Waals surface area contributed by atoms with E-state index < -0.39 is 12.0 Å². The molecule has 1 heterocycles. The Labute approximate surface area is 108 Å². The Kier molecular flexibility index (Phi) is 5.14. The van der Waals surface area contributed by atoms with Crippen LogP contribution in [0.25, 0.3) is 0 Å². The lowest BCUT2D eigenvalue weighted by molar-refractivity contribution is -0.143. The van der Waals surface area contributed by atoms with Crippen molar-refractivity contribution in [2.24, 2.45) is 5.41 Å². The zero-order chi connectivity index (χ0) is 13.8. The van der Waals surface area contributed by atoms with E-state index in [0.717, 1.165) is 25.8 Å². The van der Waals surface area contributed by atoms with Gasteiger partial charge in [-0.15, -0.1) is 0 Å². The molecule has 3 N–H and O–H groups in total. The Hall–Kier alpha value is -1.10. The van der Waals surface area contributed by atoms with Gasteiger partial charge in [-0.3, -0.25) is 4.79 Å². The Morgan fingerprint density at radius 1 is 1.50 bits per heavy atom. The molecule has 5 heteroatoms. The van der Waals surface area contributed by atoms with Gasteiger partial charge >= 0.3 is 5.97 Å². The third-order valence-corrected chi connectivity index (χ3v) is 3.58. The van der Waals surface area contributed by atoms with Crippen LogP contribution in [-0.2, 0) is 9.59 Å². The first kappa shape index (κ1) is 15.0. The highest BCUT2D eigenvalue weighted by atomic mass is 16.4. The molecule has 0 aliphatic carbocycles. The van der Waals surface area contributed by atoms with Gasteiger partial charge in [-0.1, -0.05) is 27.2 Å². The van der Waals surface area contributed by atoms with Crippen LogP contribution in [0.1, 0.15) is 46.5 Å². The molecule has 18 heavy (non-hydrogen) atoms. The highest BCUT2D eigenvalue weighted by Gasteiger charge is 2.38. The highest BCUT2D eigenvalue weighted by Crippen LogP contribution is 2.30. The molecule has 1 fully saturated rings. The normalized spacial score (nSPS) is 24.3. The summed E-state index contributed by atoms with van der Waals surface area (Å²) < 4.78 is 0. The second-order valence-electron chi connectivity index (χ2n) is 5.67. The zero-order valence-corrected chi connectivity index (χ0v) is 11.5. The molecule has 1 amide bonds. The summed E-state index contributed by atoms with van der Waals surface area (Å²) in [6, 6.07) is -1.08. The molecule has 0 aromatic rings. The number of carboxylic acid groups (broad SMARTS) is 1. The third-order valence-electron chi connectivity index (χ3n) is 3.58. The Morgan fingerprint density at radius 2 is 2.17 bits per heavy atom. The molecule has 0 aromatic heterocycles. The molecule has 5 nitrogen and oxygen atoms in total. The topological polar surface area (TPSA) is 78.4 Å². The lowest BCUT2D eigenvalue weighted by Gasteiger charge is -2.38. The first-order valence-electron chi connectivity index (χ1n) is 6.65. The van der Waals surface area contributed by atoms with Crippen LogP contribution >= 0.6 is 0 Å². The van der Waals surface area contributed by atoms with Crippen molar-refractivity contribution in [3.05, 3.63) is 0 Å². The summed E-state index contributed by atoms with van der Waals surface area (Å²) in [7, 11) is 0. The molecule has 1 saturated heterocycles. The van der Waals surface area contributed by atoms with E-state index in [9.17, 15) is 9.59 Å². The van der Waals surface area contributed by atoms with E-state index in [1.165, 1.54) is 0 Å². The van der Waals surface area contributed by atoms with Crippen molar-refractivity contribution in [2.45, 2.75) is 58.5 Å². The number of rotatable bonds is 5. The zero-order valence-electron chi connectivity index (χ0n) is 11.5. The van der Waals surface area contributed by atoms with Gasteiger partial charge in [0.2, 0.25) is 5.91 Å². The molecule has 0 saturated carbocycles. The average Bonchev–Trinajstić information content (AvgIpc) is 2.27. The number of carbonyl (C=O) groups is 2. The van der Waals surface area contributed by atoms with Gasteiger partial charge in [0.25, 0.3) is 0 Å². The van der Waals surface area contributed by atoms with Gasteiger partial charge < -0.3 is 15.7 Å². The predicted octanol–water partition coefficient (Wildman–Crippen LogP) is 1.13. The number of aliphatic carboxylic acids is 1. The number of nitrogens with one attached hydrogen (secondary N) is 2. The van der Waals surface area contributed by atoms with Crippen molar-refractivity contribution in [3.8, 4) is 0 Å². The van der Waals surface area contributed by atoms with Gasteiger partial charge in [0.15, 0.2) is 0 Å². The maximum absolute atomic E-state index is 12.2. The molecule has 104 valence electrons. The van der Waals surface area contributed by atoms with Crippen molar-refractivity contribution in [3.63, 3.8) is 0 Å². The van der Waals surface area contributed by atoms with Gasteiger partial charge in [0, 0.05) is 0 Å². The minimum Gasteiger partial charge on any atom is -0.480 e. The first-order chi connectivity index (χ1) is 8.38. The van der Waals surface area contributed by atoms with E-state index in [1.54, 1.807) is 0 Å². The molecule has 1 unspecified atom stereocenters. The van der Waals surface area contributed by atoms with Gasteiger partial charge in [-0.25, -0.2) is 4.79 Å². The van der Waals surface area contributed by atoms with Crippen LogP contribution in [-0.4, -0.2) is 35.6 Å². The van der Waals surface area contributed by atoms with Crippen molar-refractivity contribution in [1.29, 1.82) is 0 Å². The fraction of sp³-hybridized carbons (Fsp3) is 0.846. The number of carbonyl (C=O) groups excluding carboxylic acids is 1. The first-order valence-corrected chi connectivity index (χ1v) is 6.65. The smallest absolute Gasteiger partial charge is 0.326 e. The summed E-state index contributed by atoms with van der Waals surface area (Å²) in [5.74, 6) is -1.15. The summed E-state index contributed by atoms with van der Waals surface area (Å²) in [6.07, 6.45) is 3.23. The Bertz CT molecular complexity index is 315. The second kappa shape index (κ2) is 6.18. The third kappa shape index (κ3) is 3.70. The van der Waals surface area contributed by atoms with E-state index in [4.69, 9.17) is 5.11 Å². The van der Waals surface area contributed by atoms with Gasteiger partial charge in [-0.05, 0) is 31.2 Å². The Balaban J connectivity index is 2.65. The molecule has 1 rings (SSSR count). The van der Waals surface area contributed by atoms with E-state index >= 15 is 0 Å². The maximum Gasteiger partial charge on any atom is 0.326 e. The van der Waals surface area contributed by atoms with Gasteiger partial charge in [0.1, 0.15) is 6.04 Å². The van der Waals surface area contributed by atoms with Crippen LogP contribution < -0.4 is 10.6 Å². The lowest BCUT2D eigenvalue weighted by Crippen LogP contribution is -2.58. The van der Waals surface area contributed by atoms with Gasteiger partial charge in [-0.2, -0.15) is 0 Å². The standard InChI is InChI=1S/C13H24N2O3/c1-4-6-9(12(17)18)15-11(16)10-13(2,3)7-5-8-14-10/h9-10,14H,4-8H2,1-3H3,(H,15,16)(H,17,18)/t9-,10?/m1/s1. The summed E-state index contributed by atoms with van der Waals surface area (Å²) in [6.45, 7) is 6.80. The number of hydrogen-bond acceptors (Lipinski definition) is 3. The SMILES string of the molecule is CCC[C@@H](NC(=O)C1NCCCC1(C)C)C(=O)O. The predicted molar refractivity (Wildman–Crippen MR) is 69.3 cm³/mol. The van der Waals surface area contributed by atoms with Crippen LogP contribution in [0.3, 0.4) is 0 Å². The number of piperidine rings is 1. The molecule has 0 aromatic carbocycles. The fourth-order valence-corrected chi connectivity index (χ4v) is 2.46. The van der Waals surface area contributed by atoms with Crippen molar-refractivity contribution in [2.75, 3.05) is 6.54 Å². The largest absolute Gasteiger partial charge is 0.480 e. The molecule has 2 atom stereocenters. The van der Waals surface area contributed by atoms with Crippen LogP contribution in [0.4, 0.5) is 0 Å². The number of amides is 1. The van der Waals surface area contributed by atoms with Crippen LogP contribution in [0.5, 0.6) is 0 Å². The van der Waals surface area contributed by atoms with E-state index in [2.05, 4.69) is 10.6 Å². The molecule has 0 radical (unpaired) electrons. The fourth-order valence-electron chi connectivity index (χ4n) is 2.46. The van der Waals surface area contributed by atoms with E-state index in [1.807, 2.05) is 20.8 Å². The summed E-state index contributed by atoms with van der Waals surface area (Å²) in [5.41, 5.74) is -0.127. The molecule has 0 bridgehead atoms. The number of carboxylic acids is 1. The summed E-state index contributed by atoms with van der Waals surface area (Å²) >= 11 is 0. The molecular weight excluding hydrogens is 232 g/mol. The van der Waals surface area contributed by atoms with Gasteiger partial charge in [0.05, 0.1) is 6.04 Å². The van der Waals surface area contributed by atoms with Crippen LogP contribution in [0.2, 0.25) is 0 Å². The minimum absolute atomic E-state index is 0.127. The molecule has 1 aliphatic heterocycles. The maximum atomic E-state index is 12.2. The average molecular weight is 256 g/mol. The summed E-state index contributed by atoms with van der Waals surface area (Å²) in [5, 5.41) is 14.9. The minimum atomic E-state index is -0.959. The van der Waals surface area contributed by atoms with E-state index in [0.29, 0.717) is 6.42 Å². The quantitative estimate of drug-likeness (QED) is 0.689. The molecular formula is C13H24N2O3. The lowest BCUT2D eigenvalue weighted by atomic mass is 9.77. The van der Waals surface area contributed by atoms with Crippen molar-refractivity contribution in [1.82, 2.24) is 10.6 Å². The highest BCUT2D eigenvalue weighted by molar-refractivity contribution is 5.87. The van der Waals surface area contributed by atoms with E-state index in [-0.39, 0.29) is 17.4 Å². The molecule has 0 spiro atoms. The monoisotopic (exact) mass is 256 g/mol. The van der Waals surface area contributed by atoms with Crippen LogP contribution in [0.15, 0.2) is 0 Å². The van der Waals surface area contributed by atoms with Crippen molar-refractivity contribution >= 4 is 11.9 Å². The molecule has 1 aliphatic rings. The van der Waals surface area contributed by atoms with Crippen molar-refractivity contribution < 1.29 is 14.7 Å². The van der Waals surface area contributed by atoms with Crippen LogP contribution in [0, 0.1) is 5.41 Å². The summed E-state index contributed by atoms with van der Waals surface area (Å²) in [4.78, 5) is 23.2. The number of hydrogen-bond donors (Lipinski definition) is 3.